The number of rotatable bonds is 12. The number of nitrogens with two attached hydrogens (primary N) is 1. The Bertz CT molecular complexity index is 1260. The van der Waals surface area contributed by atoms with E-state index in [1.54, 1.807) is 41.5 Å². The number of carbonyl (C=O) groups is 2. The molecule has 0 amide bonds. The number of ether oxygens (including phenoxy) is 1. The molecule has 0 radical (unpaired) electrons. The number of nitrogen functional groups attached to an aromatic ring is 1. The fourth-order valence-electron chi connectivity index (χ4n) is 3.72. The molecule has 236 valence electrons. The second-order valence-electron chi connectivity index (χ2n) is 11.8. The lowest BCUT2D eigenvalue weighted by Gasteiger charge is -2.26. The Morgan fingerprint density at radius 1 is 1.02 bits per heavy atom. The van der Waals surface area contributed by atoms with Crippen molar-refractivity contribution in [1.82, 2.24) is 19.5 Å². The highest BCUT2D eigenvalue weighted by molar-refractivity contribution is 8.14. The third-order valence-electron chi connectivity index (χ3n) is 6.05. The maximum atomic E-state index is 13.7. The van der Waals surface area contributed by atoms with Gasteiger partial charge in [0, 0.05) is 22.3 Å². The van der Waals surface area contributed by atoms with Crippen LogP contribution in [0.15, 0.2) is 12.7 Å². The van der Waals surface area contributed by atoms with E-state index in [0.29, 0.717) is 5.52 Å². The van der Waals surface area contributed by atoms with Gasteiger partial charge in [0.25, 0.3) is 0 Å². The molecule has 0 unspecified atom stereocenters. The SMILES string of the molecule is C[C@H](OP(=O)(OCCSC(=O)C(C)(C)C)OCCSC(=O)C(C)(C)C)[C@H]1O[C@@H](n2cnc3c(N)ncnc32)[C@H](O)[C@@H]1O. The minimum absolute atomic E-state index is 0.0604. The third kappa shape index (κ3) is 8.73. The van der Waals surface area contributed by atoms with Gasteiger partial charge in [0.05, 0.1) is 25.6 Å². The van der Waals surface area contributed by atoms with Crippen LogP contribution in [0, 0.1) is 10.8 Å². The Morgan fingerprint density at radius 3 is 2.10 bits per heavy atom. The zero-order valence-corrected chi connectivity index (χ0v) is 27.3. The molecule has 0 spiro atoms. The summed E-state index contributed by atoms with van der Waals surface area (Å²) in [6.45, 7) is 12.0. The topological polar surface area (TPSA) is 198 Å². The van der Waals surface area contributed by atoms with Crippen LogP contribution in [0.25, 0.3) is 11.2 Å². The van der Waals surface area contributed by atoms with Crippen LogP contribution in [0.4, 0.5) is 5.82 Å². The maximum absolute atomic E-state index is 13.7. The lowest BCUT2D eigenvalue weighted by atomic mass is 9.99. The van der Waals surface area contributed by atoms with Crippen molar-refractivity contribution >= 4 is 58.6 Å². The summed E-state index contributed by atoms with van der Waals surface area (Å²) >= 11 is 2.07. The van der Waals surface area contributed by atoms with Crippen LogP contribution in [0.2, 0.25) is 0 Å². The second-order valence-corrected chi connectivity index (χ2v) is 15.5. The van der Waals surface area contributed by atoms with Gasteiger partial charge in [0.2, 0.25) is 0 Å². The number of aliphatic hydroxyl groups excluding tert-OH is 2. The Labute approximate surface area is 253 Å². The first-order valence-electron chi connectivity index (χ1n) is 13.3. The molecule has 17 heteroatoms. The summed E-state index contributed by atoms with van der Waals surface area (Å²) < 4.78 is 37.8. The minimum Gasteiger partial charge on any atom is -0.387 e. The molecule has 1 saturated heterocycles. The molecular formula is C25H40N5O9PS2. The fourth-order valence-corrected chi connectivity index (χ4v) is 6.89. The number of carbonyl (C=O) groups excluding carboxylic acids is 2. The molecule has 3 heterocycles. The number of hydrogen-bond acceptors (Lipinski definition) is 15. The van der Waals surface area contributed by atoms with E-state index in [1.807, 2.05) is 0 Å². The summed E-state index contributed by atoms with van der Waals surface area (Å²) in [7, 11) is -4.28. The molecule has 1 aliphatic rings. The Kier molecular flexibility index (Phi) is 11.6. The molecule has 14 nitrogen and oxygen atoms in total. The average molecular weight is 650 g/mol. The summed E-state index contributed by atoms with van der Waals surface area (Å²) in [6.07, 6.45) is -3.64. The molecule has 0 bridgehead atoms. The van der Waals surface area contributed by atoms with E-state index in [-0.39, 0.29) is 46.4 Å². The van der Waals surface area contributed by atoms with Crippen molar-refractivity contribution in [2.75, 3.05) is 30.5 Å². The van der Waals surface area contributed by atoms with Gasteiger partial charge in [-0.2, -0.15) is 0 Å². The monoisotopic (exact) mass is 649 g/mol. The first kappa shape index (κ1) is 34.9. The number of nitrogens with zero attached hydrogens (tertiary/aromatic N) is 4. The van der Waals surface area contributed by atoms with Gasteiger partial charge in [-0.1, -0.05) is 65.1 Å². The van der Waals surface area contributed by atoms with Gasteiger partial charge in [-0.15, -0.1) is 0 Å². The number of phosphoric ester groups is 1. The van der Waals surface area contributed by atoms with E-state index in [4.69, 9.17) is 24.0 Å². The molecule has 4 N–H and O–H groups in total. The molecule has 1 aliphatic heterocycles. The van der Waals surface area contributed by atoms with Crippen molar-refractivity contribution in [1.29, 1.82) is 0 Å². The van der Waals surface area contributed by atoms with Crippen molar-refractivity contribution in [3.63, 3.8) is 0 Å². The van der Waals surface area contributed by atoms with Gasteiger partial charge in [-0.25, -0.2) is 19.5 Å². The standard InChI is InChI=1S/C25H40N5O9PS2/c1-14(18-16(31)17(32)21(38-18)30-13-29-15-19(26)27-12-28-20(15)30)39-40(35,36-8-10-41-22(33)24(2,3)4)37-9-11-42-23(34)25(5,6)7/h12-14,16-18,21,31-32H,8-11H2,1-7H3,(H2,26,27,28)/t14-,16-,17+,18+,21+/m0/s1. The molecule has 2 aromatic heterocycles. The average Bonchev–Trinajstić information content (AvgIpc) is 3.45. The fraction of sp³-hybridized carbons (Fsp3) is 0.720. The van der Waals surface area contributed by atoms with Crippen LogP contribution in [0.5, 0.6) is 0 Å². The highest BCUT2D eigenvalue weighted by Crippen LogP contribution is 2.52. The number of hydrogen-bond donors (Lipinski definition) is 3. The van der Waals surface area contributed by atoms with Crippen molar-refractivity contribution in [2.24, 2.45) is 10.8 Å². The van der Waals surface area contributed by atoms with Crippen LogP contribution < -0.4 is 5.73 Å². The Balaban J connectivity index is 1.69. The predicted molar refractivity (Wildman–Crippen MR) is 160 cm³/mol. The predicted octanol–water partition coefficient (Wildman–Crippen LogP) is 3.19. The third-order valence-corrected chi connectivity index (χ3v) is 10.1. The molecule has 5 atom stereocenters. The molecule has 1 fully saturated rings. The Hall–Kier alpha value is -1.62. The first-order valence-corrected chi connectivity index (χ1v) is 16.7. The van der Waals surface area contributed by atoms with Crippen molar-refractivity contribution in [3.8, 4) is 0 Å². The smallest absolute Gasteiger partial charge is 0.387 e. The van der Waals surface area contributed by atoms with Gasteiger partial charge in [-0.3, -0.25) is 27.7 Å². The van der Waals surface area contributed by atoms with E-state index in [1.165, 1.54) is 24.1 Å². The lowest BCUT2D eigenvalue weighted by molar-refractivity contribution is -0.118. The summed E-state index contributed by atoms with van der Waals surface area (Å²) in [5.74, 6) is 0.529. The van der Waals surface area contributed by atoms with E-state index < -0.39 is 49.3 Å². The number of fused-ring (bicyclic) bond motifs is 1. The first-order chi connectivity index (χ1) is 19.4. The van der Waals surface area contributed by atoms with E-state index in [2.05, 4.69) is 15.0 Å². The maximum Gasteiger partial charge on any atom is 0.475 e. The molecule has 42 heavy (non-hydrogen) atoms. The van der Waals surface area contributed by atoms with Crippen LogP contribution in [0.1, 0.15) is 54.7 Å². The zero-order valence-electron chi connectivity index (χ0n) is 24.8. The van der Waals surface area contributed by atoms with Gasteiger partial charge in [-0.05, 0) is 6.92 Å². The number of aromatic nitrogens is 4. The highest BCUT2D eigenvalue weighted by atomic mass is 32.2. The molecule has 3 rings (SSSR count). The van der Waals surface area contributed by atoms with Gasteiger partial charge < -0.3 is 20.7 Å². The van der Waals surface area contributed by atoms with Gasteiger partial charge in [0.15, 0.2) is 27.9 Å². The molecular weight excluding hydrogens is 609 g/mol. The summed E-state index contributed by atoms with van der Waals surface area (Å²) in [5, 5.41) is 21.5. The summed E-state index contributed by atoms with van der Waals surface area (Å²) in [4.78, 5) is 36.7. The molecule has 0 aromatic carbocycles. The summed E-state index contributed by atoms with van der Waals surface area (Å²) in [5.41, 5.74) is 5.32. The number of anilines is 1. The van der Waals surface area contributed by atoms with E-state index in [0.717, 1.165) is 23.5 Å². The molecule has 2 aromatic rings. The van der Waals surface area contributed by atoms with E-state index in [9.17, 15) is 24.4 Å². The van der Waals surface area contributed by atoms with Crippen LogP contribution in [0.3, 0.4) is 0 Å². The molecule has 0 aliphatic carbocycles. The van der Waals surface area contributed by atoms with Crippen molar-refractivity contribution < 1.29 is 42.7 Å². The largest absolute Gasteiger partial charge is 0.475 e. The van der Waals surface area contributed by atoms with Crippen LogP contribution in [-0.2, 0) is 32.5 Å². The van der Waals surface area contributed by atoms with Crippen LogP contribution >= 0.6 is 31.3 Å². The van der Waals surface area contributed by atoms with Gasteiger partial charge in [0.1, 0.15) is 30.2 Å². The van der Waals surface area contributed by atoms with Crippen LogP contribution in [-0.4, -0.2) is 89.1 Å². The number of aliphatic hydroxyl groups is 2. The quantitative estimate of drug-likeness (QED) is 0.224. The Morgan fingerprint density at radius 2 is 1.57 bits per heavy atom. The highest BCUT2D eigenvalue weighted by Gasteiger charge is 2.49. The van der Waals surface area contributed by atoms with Crippen molar-refractivity contribution in [3.05, 3.63) is 12.7 Å². The number of imidazole rings is 1. The zero-order chi connectivity index (χ0) is 31.5. The second kappa shape index (κ2) is 14.0. The van der Waals surface area contributed by atoms with Gasteiger partial charge >= 0.3 is 7.82 Å². The normalized spacial score (nSPS) is 22.5. The number of phosphoric acid groups is 1. The number of thioether (sulfide) groups is 2. The van der Waals surface area contributed by atoms with Crippen molar-refractivity contribution in [2.45, 2.75) is 79.1 Å². The summed E-state index contributed by atoms with van der Waals surface area (Å²) in [6, 6.07) is 0. The lowest BCUT2D eigenvalue weighted by Crippen LogP contribution is -2.38. The minimum atomic E-state index is -4.28. The van der Waals surface area contributed by atoms with E-state index >= 15 is 0 Å². The molecule has 0 saturated carbocycles.